The topological polar surface area (TPSA) is 60.0 Å². The summed E-state index contributed by atoms with van der Waals surface area (Å²) in [5.74, 6) is 2.15. The molecule has 1 fully saturated rings. The minimum absolute atomic E-state index is 0.0254. The lowest BCUT2D eigenvalue weighted by molar-refractivity contribution is -0.126. The molecular formula is C21H24N2O4. The van der Waals surface area contributed by atoms with Gasteiger partial charge in [0.25, 0.3) is 0 Å². The first-order valence-electron chi connectivity index (χ1n) is 9.40. The summed E-state index contributed by atoms with van der Waals surface area (Å²) in [6.45, 7) is 3.00. The molecule has 2 aliphatic rings. The van der Waals surface area contributed by atoms with Crippen LogP contribution in [0.15, 0.2) is 48.5 Å². The molecule has 2 heterocycles. The van der Waals surface area contributed by atoms with Crippen LogP contribution in [0.4, 0.5) is 0 Å². The van der Waals surface area contributed by atoms with E-state index in [9.17, 15) is 4.79 Å². The standard InChI is InChI=1S/C21H24N2O4/c24-21(20(23-11-4-5-12-23)16-6-2-1-3-7-16)22-10-13-25-17-8-9-18-19(14-17)27-15-26-18/h1-3,6-9,14,20H,4-5,10-13,15H2,(H,22,24). The molecule has 1 amide bonds. The van der Waals surface area contributed by atoms with E-state index in [1.807, 2.05) is 42.5 Å². The number of rotatable bonds is 7. The van der Waals surface area contributed by atoms with Crippen molar-refractivity contribution in [1.82, 2.24) is 10.2 Å². The molecule has 0 aliphatic carbocycles. The number of carbonyl (C=O) groups is 1. The first-order valence-corrected chi connectivity index (χ1v) is 9.40. The van der Waals surface area contributed by atoms with Crippen LogP contribution < -0.4 is 19.5 Å². The average molecular weight is 368 g/mol. The Balaban J connectivity index is 1.31. The number of nitrogens with one attached hydrogen (secondary N) is 1. The van der Waals surface area contributed by atoms with Crippen molar-refractivity contribution in [2.75, 3.05) is 33.0 Å². The third-order valence-electron chi connectivity index (χ3n) is 4.88. The quantitative estimate of drug-likeness (QED) is 0.762. The van der Waals surface area contributed by atoms with Crippen molar-refractivity contribution >= 4 is 5.91 Å². The Morgan fingerprint density at radius 1 is 1.07 bits per heavy atom. The van der Waals surface area contributed by atoms with E-state index in [1.54, 1.807) is 6.07 Å². The summed E-state index contributed by atoms with van der Waals surface area (Å²) >= 11 is 0. The molecule has 2 aromatic carbocycles. The monoisotopic (exact) mass is 368 g/mol. The van der Waals surface area contributed by atoms with Crippen LogP contribution >= 0.6 is 0 Å². The van der Waals surface area contributed by atoms with Crippen molar-refractivity contribution in [2.45, 2.75) is 18.9 Å². The zero-order valence-corrected chi connectivity index (χ0v) is 15.2. The van der Waals surface area contributed by atoms with Crippen LogP contribution in [-0.2, 0) is 4.79 Å². The van der Waals surface area contributed by atoms with Gasteiger partial charge in [-0.15, -0.1) is 0 Å². The minimum Gasteiger partial charge on any atom is -0.492 e. The predicted octanol–water partition coefficient (Wildman–Crippen LogP) is 2.75. The van der Waals surface area contributed by atoms with Gasteiger partial charge >= 0.3 is 0 Å². The fraction of sp³-hybridized carbons (Fsp3) is 0.381. The lowest BCUT2D eigenvalue weighted by Gasteiger charge is -2.27. The van der Waals surface area contributed by atoms with Gasteiger partial charge in [0.2, 0.25) is 12.7 Å². The molecule has 27 heavy (non-hydrogen) atoms. The highest BCUT2D eigenvalue weighted by molar-refractivity contribution is 5.83. The van der Waals surface area contributed by atoms with E-state index in [0.29, 0.717) is 24.7 Å². The summed E-state index contributed by atoms with van der Waals surface area (Å²) in [7, 11) is 0. The fourth-order valence-electron chi connectivity index (χ4n) is 3.57. The van der Waals surface area contributed by atoms with Gasteiger partial charge in [-0.05, 0) is 43.6 Å². The molecular weight excluding hydrogens is 344 g/mol. The first kappa shape index (κ1) is 17.7. The molecule has 0 saturated carbocycles. The Bertz CT molecular complexity index is 775. The van der Waals surface area contributed by atoms with Crippen LogP contribution in [0.3, 0.4) is 0 Å². The van der Waals surface area contributed by atoms with E-state index in [0.717, 1.165) is 37.2 Å². The Kier molecular flexibility index (Phi) is 5.44. The molecule has 1 unspecified atom stereocenters. The Morgan fingerprint density at radius 2 is 1.85 bits per heavy atom. The number of amides is 1. The van der Waals surface area contributed by atoms with Crippen LogP contribution in [0.5, 0.6) is 17.2 Å². The van der Waals surface area contributed by atoms with Gasteiger partial charge < -0.3 is 19.5 Å². The average Bonchev–Trinajstić information content (AvgIpc) is 3.38. The molecule has 4 rings (SSSR count). The number of hydrogen-bond donors (Lipinski definition) is 1. The van der Waals surface area contributed by atoms with Crippen molar-refractivity contribution < 1.29 is 19.0 Å². The minimum atomic E-state index is -0.237. The normalized spacial score (nSPS) is 16.9. The third-order valence-corrected chi connectivity index (χ3v) is 4.88. The van der Waals surface area contributed by atoms with E-state index < -0.39 is 0 Å². The Hall–Kier alpha value is -2.73. The molecule has 1 N–H and O–H groups in total. The fourth-order valence-corrected chi connectivity index (χ4v) is 3.57. The second-order valence-corrected chi connectivity index (χ2v) is 6.71. The van der Waals surface area contributed by atoms with Crippen LogP contribution in [0.25, 0.3) is 0 Å². The maximum absolute atomic E-state index is 12.9. The van der Waals surface area contributed by atoms with Crippen molar-refractivity contribution in [3.05, 3.63) is 54.1 Å². The van der Waals surface area contributed by atoms with Gasteiger partial charge in [0.05, 0.1) is 6.54 Å². The number of fused-ring (bicyclic) bond motifs is 1. The van der Waals surface area contributed by atoms with Gasteiger partial charge in [0.15, 0.2) is 11.5 Å². The van der Waals surface area contributed by atoms with Crippen molar-refractivity contribution in [3.8, 4) is 17.2 Å². The van der Waals surface area contributed by atoms with Crippen molar-refractivity contribution in [3.63, 3.8) is 0 Å². The molecule has 0 spiro atoms. The maximum Gasteiger partial charge on any atom is 0.242 e. The second kappa shape index (κ2) is 8.31. The third kappa shape index (κ3) is 4.17. The molecule has 2 aliphatic heterocycles. The molecule has 2 aromatic rings. The summed E-state index contributed by atoms with van der Waals surface area (Å²) in [5.41, 5.74) is 1.04. The zero-order chi connectivity index (χ0) is 18.5. The van der Waals surface area contributed by atoms with Crippen LogP contribution in [0, 0.1) is 0 Å². The molecule has 0 aromatic heterocycles. The van der Waals surface area contributed by atoms with E-state index >= 15 is 0 Å². The molecule has 1 atom stereocenters. The summed E-state index contributed by atoms with van der Waals surface area (Å²) in [5, 5.41) is 3.02. The van der Waals surface area contributed by atoms with E-state index in [1.165, 1.54) is 0 Å². The zero-order valence-electron chi connectivity index (χ0n) is 15.2. The summed E-state index contributed by atoms with van der Waals surface area (Å²) in [4.78, 5) is 15.1. The number of carbonyl (C=O) groups excluding carboxylic acids is 1. The number of hydrogen-bond acceptors (Lipinski definition) is 5. The largest absolute Gasteiger partial charge is 0.492 e. The highest BCUT2D eigenvalue weighted by Crippen LogP contribution is 2.35. The Morgan fingerprint density at radius 3 is 2.67 bits per heavy atom. The highest BCUT2D eigenvalue weighted by atomic mass is 16.7. The summed E-state index contributed by atoms with van der Waals surface area (Å²) in [6, 6.07) is 15.2. The van der Waals surface area contributed by atoms with Crippen LogP contribution in [-0.4, -0.2) is 43.8 Å². The van der Waals surface area contributed by atoms with Crippen molar-refractivity contribution in [1.29, 1.82) is 0 Å². The molecule has 6 nitrogen and oxygen atoms in total. The summed E-state index contributed by atoms with van der Waals surface area (Å²) in [6.07, 6.45) is 2.29. The van der Waals surface area contributed by atoms with Gasteiger partial charge in [-0.25, -0.2) is 0 Å². The first-order chi connectivity index (χ1) is 13.3. The van der Waals surface area contributed by atoms with Gasteiger partial charge in [-0.2, -0.15) is 0 Å². The molecule has 0 radical (unpaired) electrons. The molecule has 142 valence electrons. The molecule has 6 heteroatoms. The van der Waals surface area contributed by atoms with Gasteiger partial charge in [-0.1, -0.05) is 30.3 Å². The lowest BCUT2D eigenvalue weighted by Crippen LogP contribution is -2.40. The van der Waals surface area contributed by atoms with E-state index in [2.05, 4.69) is 10.2 Å². The van der Waals surface area contributed by atoms with Crippen molar-refractivity contribution in [2.24, 2.45) is 0 Å². The SMILES string of the molecule is O=C(NCCOc1ccc2c(c1)OCO2)C(c1ccccc1)N1CCCC1. The van der Waals surface area contributed by atoms with E-state index in [-0.39, 0.29) is 18.7 Å². The lowest BCUT2D eigenvalue weighted by atomic mass is 10.0. The number of nitrogens with zero attached hydrogens (tertiary/aromatic N) is 1. The van der Waals surface area contributed by atoms with Crippen LogP contribution in [0.2, 0.25) is 0 Å². The number of benzene rings is 2. The maximum atomic E-state index is 12.9. The Labute approximate surface area is 159 Å². The smallest absolute Gasteiger partial charge is 0.242 e. The number of likely N-dealkylation sites (tertiary alicyclic amines) is 1. The van der Waals surface area contributed by atoms with E-state index in [4.69, 9.17) is 14.2 Å². The molecule has 1 saturated heterocycles. The summed E-state index contributed by atoms with van der Waals surface area (Å²) < 4.78 is 16.4. The van der Waals surface area contributed by atoms with Gasteiger partial charge in [0, 0.05) is 6.07 Å². The van der Waals surface area contributed by atoms with Gasteiger partial charge in [-0.3, -0.25) is 9.69 Å². The highest BCUT2D eigenvalue weighted by Gasteiger charge is 2.29. The molecule has 0 bridgehead atoms. The predicted molar refractivity (Wildman–Crippen MR) is 101 cm³/mol. The van der Waals surface area contributed by atoms with Crippen LogP contribution in [0.1, 0.15) is 24.4 Å². The van der Waals surface area contributed by atoms with Gasteiger partial charge in [0.1, 0.15) is 18.4 Å². The number of ether oxygens (including phenoxy) is 3. The second-order valence-electron chi connectivity index (χ2n) is 6.71.